The Labute approximate surface area is 125 Å². The Kier molecular flexibility index (Phi) is 3.53. The molecule has 2 aromatic heterocycles. The van der Waals surface area contributed by atoms with E-state index in [9.17, 15) is 10.1 Å². The normalized spacial score (nSPS) is 10.7. The van der Waals surface area contributed by atoms with E-state index in [0.717, 1.165) is 11.1 Å². The van der Waals surface area contributed by atoms with Crippen LogP contribution in [0.4, 0.5) is 11.4 Å². The first-order chi connectivity index (χ1) is 10.2. The lowest BCUT2D eigenvalue weighted by Gasteiger charge is -2.10. The fourth-order valence-electron chi connectivity index (χ4n) is 2.25. The molecular weight excluding hydrogens is 286 g/mol. The second kappa shape index (κ2) is 5.49. The fourth-order valence-corrected chi connectivity index (χ4v) is 3.10. The number of fused-ring (bicyclic) bond motifs is 1. The van der Waals surface area contributed by atoms with Gasteiger partial charge >= 0.3 is 0 Å². The number of anilines is 1. The van der Waals surface area contributed by atoms with Crippen LogP contribution < -0.4 is 5.32 Å². The van der Waals surface area contributed by atoms with Gasteiger partial charge in [-0.05, 0) is 40.9 Å². The van der Waals surface area contributed by atoms with Crippen molar-refractivity contribution in [1.82, 2.24) is 4.98 Å². The second-order valence-corrected chi connectivity index (χ2v) is 5.49. The molecule has 0 radical (unpaired) electrons. The minimum absolute atomic E-state index is 0.0790. The van der Waals surface area contributed by atoms with Crippen LogP contribution in [0.25, 0.3) is 10.8 Å². The van der Waals surface area contributed by atoms with E-state index in [4.69, 9.17) is 0 Å². The molecule has 0 saturated heterocycles. The lowest BCUT2D eigenvalue weighted by molar-refractivity contribution is -0.383. The van der Waals surface area contributed by atoms with Crippen LogP contribution in [0, 0.1) is 17.0 Å². The first-order valence-electron chi connectivity index (χ1n) is 6.43. The Morgan fingerprint density at radius 3 is 2.86 bits per heavy atom. The molecule has 6 heteroatoms. The average molecular weight is 299 g/mol. The molecule has 0 atom stereocenters. The molecule has 5 nitrogen and oxygen atoms in total. The highest BCUT2D eigenvalue weighted by atomic mass is 32.1. The van der Waals surface area contributed by atoms with Gasteiger partial charge in [-0.1, -0.05) is 0 Å². The van der Waals surface area contributed by atoms with Crippen molar-refractivity contribution in [1.29, 1.82) is 0 Å². The van der Waals surface area contributed by atoms with Crippen molar-refractivity contribution < 1.29 is 4.92 Å². The van der Waals surface area contributed by atoms with Crippen LogP contribution in [0.3, 0.4) is 0 Å². The highest BCUT2D eigenvalue weighted by molar-refractivity contribution is 7.08. The number of pyridine rings is 1. The van der Waals surface area contributed by atoms with Crippen LogP contribution in [-0.2, 0) is 6.54 Å². The van der Waals surface area contributed by atoms with Crippen molar-refractivity contribution >= 4 is 33.5 Å². The van der Waals surface area contributed by atoms with Gasteiger partial charge in [0, 0.05) is 36.1 Å². The third-order valence-corrected chi connectivity index (χ3v) is 4.33. The largest absolute Gasteiger partial charge is 0.380 e. The smallest absolute Gasteiger partial charge is 0.278 e. The summed E-state index contributed by atoms with van der Waals surface area (Å²) in [5.74, 6) is 0. The lowest BCUT2D eigenvalue weighted by Crippen LogP contribution is -2.01. The van der Waals surface area contributed by atoms with Crippen LogP contribution in [0.5, 0.6) is 0 Å². The van der Waals surface area contributed by atoms with Crippen molar-refractivity contribution in [2.75, 3.05) is 5.32 Å². The number of nitrogens with zero attached hydrogens (tertiary/aromatic N) is 2. The molecule has 3 rings (SSSR count). The van der Waals surface area contributed by atoms with Crippen molar-refractivity contribution in [3.05, 3.63) is 62.6 Å². The van der Waals surface area contributed by atoms with Crippen LogP contribution in [0.15, 0.2) is 41.4 Å². The van der Waals surface area contributed by atoms with E-state index in [1.54, 1.807) is 29.7 Å². The molecule has 21 heavy (non-hydrogen) atoms. The summed E-state index contributed by atoms with van der Waals surface area (Å²) < 4.78 is 0. The molecule has 0 unspecified atom stereocenters. The van der Waals surface area contributed by atoms with E-state index in [1.165, 1.54) is 23.4 Å². The zero-order chi connectivity index (χ0) is 14.8. The lowest BCUT2D eigenvalue weighted by atomic mass is 10.1. The van der Waals surface area contributed by atoms with Gasteiger partial charge in [0.2, 0.25) is 0 Å². The van der Waals surface area contributed by atoms with E-state index < -0.39 is 0 Å². The molecule has 0 amide bonds. The van der Waals surface area contributed by atoms with Crippen molar-refractivity contribution in [2.45, 2.75) is 13.5 Å². The molecule has 0 saturated carbocycles. The fraction of sp³-hybridized carbons (Fsp3) is 0.133. The molecule has 0 aliphatic carbocycles. The quantitative estimate of drug-likeness (QED) is 0.581. The Hall–Kier alpha value is -2.47. The number of nitrogens with one attached hydrogen (secondary N) is 1. The maximum absolute atomic E-state index is 11.1. The predicted molar refractivity (Wildman–Crippen MR) is 84.8 cm³/mol. The third-order valence-electron chi connectivity index (χ3n) is 3.42. The van der Waals surface area contributed by atoms with E-state index in [-0.39, 0.29) is 10.6 Å². The van der Waals surface area contributed by atoms with Gasteiger partial charge in [-0.3, -0.25) is 15.1 Å². The minimum atomic E-state index is -0.378. The first kappa shape index (κ1) is 13.5. The number of hydrogen-bond donors (Lipinski definition) is 1. The van der Waals surface area contributed by atoms with Gasteiger partial charge in [0.1, 0.15) is 0 Å². The summed E-state index contributed by atoms with van der Waals surface area (Å²) in [5, 5.41) is 20.0. The number of aromatic nitrogens is 1. The summed E-state index contributed by atoms with van der Waals surface area (Å²) in [6.07, 6.45) is 3.18. The zero-order valence-corrected chi connectivity index (χ0v) is 12.2. The number of non-ortho nitro benzene ring substituents is 1. The Bertz CT molecular complexity index is 814. The average Bonchev–Trinajstić information content (AvgIpc) is 2.89. The van der Waals surface area contributed by atoms with Crippen LogP contribution in [0.2, 0.25) is 0 Å². The van der Waals surface area contributed by atoms with E-state index in [1.807, 2.05) is 0 Å². The molecule has 3 aromatic rings. The second-order valence-electron chi connectivity index (χ2n) is 4.74. The molecule has 0 spiro atoms. The van der Waals surface area contributed by atoms with Crippen molar-refractivity contribution in [3.63, 3.8) is 0 Å². The summed E-state index contributed by atoms with van der Waals surface area (Å²) >= 11 is 1.67. The van der Waals surface area contributed by atoms with Gasteiger partial charge in [-0.15, -0.1) is 0 Å². The van der Waals surface area contributed by atoms with E-state index >= 15 is 0 Å². The van der Waals surface area contributed by atoms with Gasteiger partial charge in [-0.25, -0.2) is 0 Å². The molecular formula is C15H13N3O2S. The molecule has 106 valence electrons. The number of aryl methyl sites for hydroxylation is 1. The molecule has 0 aliphatic heterocycles. The number of rotatable bonds is 4. The van der Waals surface area contributed by atoms with Gasteiger partial charge in [0.05, 0.1) is 10.3 Å². The minimum Gasteiger partial charge on any atom is -0.380 e. The molecule has 0 fully saturated rings. The maximum Gasteiger partial charge on any atom is 0.278 e. The molecule has 1 N–H and O–H groups in total. The van der Waals surface area contributed by atoms with Gasteiger partial charge in [0.15, 0.2) is 0 Å². The Balaban J connectivity index is 1.98. The summed E-state index contributed by atoms with van der Waals surface area (Å²) in [7, 11) is 0. The summed E-state index contributed by atoms with van der Waals surface area (Å²) in [6, 6.07) is 5.07. The Morgan fingerprint density at radius 1 is 1.29 bits per heavy atom. The maximum atomic E-state index is 11.1. The van der Waals surface area contributed by atoms with E-state index in [0.29, 0.717) is 11.9 Å². The molecule has 0 bridgehead atoms. The van der Waals surface area contributed by atoms with Crippen LogP contribution in [-0.4, -0.2) is 9.91 Å². The predicted octanol–water partition coefficient (Wildman–Crippen LogP) is 4.13. The van der Waals surface area contributed by atoms with Gasteiger partial charge < -0.3 is 5.32 Å². The van der Waals surface area contributed by atoms with Gasteiger partial charge in [-0.2, -0.15) is 11.3 Å². The molecule has 1 aromatic carbocycles. The number of hydrogen-bond acceptors (Lipinski definition) is 5. The summed E-state index contributed by atoms with van der Waals surface area (Å²) in [6.45, 7) is 2.77. The number of nitro benzene ring substituents is 1. The first-order valence-corrected chi connectivity index (χ1v) is 7.38. The van der Waals surface area contributed by atoms with Crippen molar-refractivity contribution in [3.8, 4) is 0 Å². The monoisotopic (exact) mass is 299 g/mol. The third kappa shape index (κ3) is 2.57. The SMILES string of the molecule is Cc1cscc1CNc1ccc([N+](=O)[O-])c2cnccc12. The Morgan fingerprint density at radius 2 is 2.14 bits per heavy atom. The van der Waals surface area contributed by atoms with Crippen molar-refractivity contribution in [2.24, 2.45) is 0 Å². The summed E-state index contributed by atoms with van der Waals surface area (Å²) in [4.78, 5) is 14.7. The van der Waals surface area contributed by atoms with E-state index in [2.05, 4.69) is 28.0 Å². The number of thiophene rings is 1. The van der Waals surface area contributed by atoms with Gasteiger partial charge in [0.25, 0.3) is 5.69 Å². The molecule has 2 heterocycles. The zero-order valence-electron chi connectivity index (χ0n) is 11.4. The highest BCUT2D eigenvalue weighted by Crippen LogP contribution is 2.31. The number of benzene rings is 1. The standard InChI is InChI=1S/C15H13N3O2S/c1-10-8-21-9-11(10)6-17-14-2-3-15(18(19)20)13-7-16-5-4-12(13)14/h2-5,7-9,17H,6H2,1H3. The number of nitro groups is 1. The summed E-state index contributed by atoms with van der Waals surface area (Å²) in [5.41, 5.74) is 3.44. The molecule has 0 aliphatic rings. The highest BCUT2D eigenvalue weighted by Gasteiger charge is 2.14. The topological polar surface area (TPSA) is 68.1 Å². The van der Waals surface area contributed by atoms with Crippen LogP contribution in [0.1, 0.15) is 11.1 Å². The van der Waals surface area contributed by atoms with Crippen LogP contribution >= 0.6 is 11.3 Å².